The van der Waals surface area contributed by atoms with Crippen LogP contribution in [0.5, 0.6) is 0 Å². The molecule has 184 valence electrons. The van der Waals surface area contributed by atoms with Gasteiger partial charge in [-0.05, 0) is 70.8 Å². The zero-order valence-corrected chi connectivity index (χ0v) is 21.3. The number of hydrogen-bond donors (Lipinski definition) is 0. The van der Waals surface area contributed by atoms with Gasteiger partial charge in [0.25, 0.3) is 0 Å². The molecule has 0 unspecified atom stereocenters. The summed E-state index contributed by atoms with van der Waals surface area (Å²) in [6.07, 6.45) is 7.72. The normalized spacial score (nSPS) is 10.8. The van der Waals surface area contributed by atoms with Crippen LogP contribution < -0.4 is 4.90 Å². The van der Waals surface area contributed by atoms with Gasteiger partial charge < -0.3 is 4.90 Å². The number of benzene rings is 5. The second-order valence-electron chi connectivity index (χ2n) is 8.90. The highest BCUT2D eigenvalue weighted by Crippen LogP contribution is 2.34. The number of nitrogens with zero attached hydrogens (tertiary/aromatic N) is 3. The second-order valence-corrected chi connectivity index (χ2v) is 8.90. The molecule has 0 fully saturated rings. The standard InChI is InChI=1S/C36H25N3/c1-38-36-26-30(21-17-28-11-5-2-6-12-28)32(27-37)25-31(36)22-18-29-19-23-35(24-20-29)39(33-13-7-3-8-14-33)34-15-9-4-10-16-34/h2-26H/b21-17+,22-18+. The number of anilines is 3. The van der Waals surface area contributed by atoms with Crippen molar-refractivity contribution >= 4 is 47.1 Å². The third-order valence-corrected chi connectivity index (χ3v) is 6.33. The average molecular weight is 500 g/mol. The number of nitriles is 1. The van der Waals surface area contributed by atoms with Crippen LogP contribution in [-0.2, 0) is 0 Å². The van der Waals surface area contributed by atoms with E-state index in [4.69, 9.17) is 6.57 Å². The first-order valence-electron chi connectivity index (χ1n) is 12.6. The van der Waals surface area contributed by atoms with Crippen molar-refractivity contribution in [3.8, 4) is 6.07 Å². The molecule has 0 aliphatic rings. The topological polar surface area (TPSA) is 31.4 Å². The van der Waals surface area contributed by atoms with Gasteiger partial charge >= 0.3 is 0 Å². The lowest BCUT2D eigenvalue weighted by atomic mass is 10.0. The van der Waals surface area contributed by atoms with E-state index >= 15 is 0 Å². The Labute approximate surface area is 229 Å². The fraction of sp³-hybridized carbons (Fsp3) is 0. The minimum Gasteiger partial charge on any atom is -0.311 e. The molecule has 5 aromatic carbocycles. The maximum Gasteiger partial charge on any atom is 0.194 e. The maximum atomic E-state index is 9.77. The minimum atomic E-state index is 0.508. The molecule has 0 N–H and O–H groups in total. The quantitative estimate of drug-likeness (QED) is 0.165. The molecule has 0 spiro atoms. The summed E-state index contributed by atoms with van der Waals surface area (Å²) in [4.78, 5) is 5.94. The van der Waals surface area contributed by atoms with Crippen LogP contribution in [-0.4, -0.2) is 0 Å². The van der Waals surface area contributed by atoms with Gasteiger partial charge in [-0.2, -0.15) is 5.26 Å². The smallest absolute Gasteiger partial charge is 0.194 e. The first-order valence-corrected chi connectivity index (χ1v) is 12.6. The van der Waals surface area contributed by atoms with Crippen molar-refractivity contribution in [3.05, 3.63) is 167 Å². The molecule has 0 aliphatic heterocycles. The molecule has 0 bridgehead atoms. The molecule has 0 aliphatic carbocycles. The van der Waals surface area contributed by atoms with Gasteiger partial charge in [0.2, 0.25) is 0 Å². The summed E-state index contributed by atoms with van der Waals surface area (Å²) in [5.74, 6) is 0. The zero-order valence-electron chi connectivity index (χ0n) is 21.3. The molecule has 0 radical (unpaired) electrons. The first-order chi connectivity index (χ1) is 19.2. The average Bonchev–Trinajstić information content (AvgIpc) is 3.01. The third-order valence-electron chi connectivity index (χ3n) is 6.33. The van der Waals surface area contributed by atoms with Gasteiger partial charge in [-0.3, -0.25) is 0 Å². The van der Waals surface area contributed by atoms with Crippen molar-refractivity contribution in [1.82, 2.24) is 0 Å². The summed E-state index contributed by atoms with van der Waals surface area (Å²) < 4.78 is 0. The van der Waals surface area contributed by atoms with Gasteiger partial charge in [-0.1, -0.05) is 103 Å². The predicted molar refractivity (Wildman–Crippen MR) is 163 cm³/mol. The lowest BCUT2D eigenvalue weighted by molar-refractivity contribution is 1.28. The van der Waals surface area contributed by atoms with Crippen LogP contribution in [0.15, 0.2) is 127 Å². The number of para-hydroxylation sites is 2. The van der Waals surface area contributed by atoms with E-state index in [1.165, 1.54) is 0 Å². The Morgan fingerprint density at radius 3 is 1.59 bits per heavy atom. The second kappa shape index (κ2) is 12.1. The summed E-state index contributed by atoms with van der Waals surface area (Å²) in [6, 6.07) is 44.6. The van der Waals surface area contributed by atoms with Crippen LogP contribution in [0.4, 0.5) is 22.7 Å². The van der Waals surface area contributed by atoms with Gasteiger partial charge in [-0.25, -0.2) is 4.85 Å². The fourth-order valence-corrected chi connectivity index (χ4v) is 4.36. The van der Waals surface area contributed by atoms with Gasteiger partial charge in [0, 0.05) is 17.1 Å². The van der Waals surface area contributed by atoms with E-state index in [0.717, 1.165) is 39.3 Å². The highest BCUT2D eigenvalue weighted by atomic mass is 15.1. The molecular formula is C36H25N3. The molecule has 39 heavy (non-hydrogen) atoms. The minimum absolute atomic E-state index is 0.508. The molecule has 0 heterocycles. The summed E-state index contributed by atoms with van der Waals surface area (Å²) >= 11 is 0. The number of rotatable bonds is 7. The van der Waals surface area contributed by atoms with E-state index in [-0.39, 0.29) is 0 Å². The van der Waals surface area contributed by atoms with E-state index in [0.29, 0.717) is 11.3 Å². The van der Waals surface area contributed by atoms with Gasteiger partial charge in [0.05, 0.1) is 18.2 Å². The SMILES string of the molecule is [C-]#[N+]c1cc(/C=C/c2ccccc2)c(C#N)cc1/C=C/c1ccc(N(c2ccccc2)c2ccccc2)cc1. The van der Waals surface area contributed by atoms with Crippen LogP contribution >= 0.6 is 0 Å². The van der Waals surface area contributed by atoms with Crippen molar-refractivity contribution in [2.24, 2.45) is 0 Å². The highest BCUT2D eigenvalue weighted by Gasteiger charge is 2.11. The Hall–Kier alpha value is -5.64. The van der Waals surface area contributed by atoms with Crippen molar-refractivity contribution in [3.63, 3.8) is 0 Å². The predicted octanol–water partition coefficient (Wildman–Crippen LogP) is 9.92. The summed E-state index contributed by atoms with van der Waals surface area (Å²) in [6.45, 7) is 7.71. The first kappa shape index (κ1) is 25.0. The monoisotopic (exact) mass is 499 g/mol. The Morgan fingerprint density at radius 2 is 1.05 bits per heavy atom. The van der Waals surface area contributed by atoms with E-state index in [1.807, 2.05) is 91.0 Å². The van der Waals surface area contributed by atoms with Gasteiger partial charge in [0.1, 0.15) is 0 Å². The van der Waals surface area contributed by atoms with Crippen molar-refractivity contribution in [2.45, 2.75) is 0 Å². The largest absolute Gasteiger partial charge is 0.311 e. The van der Waals surface area contributed by atoms with E-state index in [2.05, 4.69) is 64.3 Å². The van der Waals surface area contributed by atoms with Crippen LogP contribution in [0.3, 0.4) is 0 Å². The lowest BCUT2D eigenvalue weighted by Crippen LogP contribution is -2.09. The van der Waals surface area contributed by atoms with Crippen molar-refractivity contribution in [2.75, 3.05) is 4.90 Å². The lowest BCUT2D eigenvalue weighted by Gasteiger charge is -2.25. The van der Waals surface area contributed by atoms with Crippen LogP contribution in [0.1, 0.15) is 27.8 Å². The van der Waals surface area contributed by atoms with E-state index < -0.39 is 0 Å². The summed E-state index contributed by atoms with van der Waals surface area (Å²) in [5, 5.41) is 9.77. The summed E-state index contributed by atoms with van der Waals surface area (Å²) in [5.41, 5.74) is 7.75. The molecule has 3 heteroatoms. The third kappa shape index (κ3) is 6.03. The fourth-order valence-electron chi connectivity index (χ4n) is 4.36. The highest BCUT2D eigenvalue weighted by molar-refractivity contribution is 5.83. The number of hydrogen-bond acceptors (Lipinski definition) is 2. The van der Waals surface area contributed by atoms with Crippen molar-refractivity contribution in [1.29, 1.82) is 5.26 Å². The Bertz CT molecular complexity index is 1650. The van der Waals surface area contributed by atoms with E-state index in [1.54, 1.807) is 12.1 Å². The van der Waals surface area contributed by atoms with Crippen LogP contribution in [0.2, 0.25) is 0 Å². The van der Waals surface area contributed by atoms with Crippen molar-refractivity contribution < 1.29 is 0 Å². The van der Waals surface area contributed by atoms with Crippen LogP contribution in [0.25, 0.3) is 29.1 Å². The molecule has 5 rings (SSSR count). The zero-order chi connectivity index (χ0) is 26.9. The molecule has 0 saturated heterocycles. The Kier molecular flexibility index (Phi) is 7.74. The Morgan fingerprint density at radius 1 is 0.564 bits per heavy atom. The molecular weight excluding hydrogens is 474 g/mol. The van der Waals surface area contributed by atoms with E-state index in [9.17, 15) is 5.26 Å². The summed E-state index contributed by atoms with van der Waals surface area (Å²) in [7, 11) is 0. The molecule has 3 nitrogen and oxygen atoms in total. The maximum absolute atomic E-state index is 9.77. The molecule has 0 amide bonds. The molecule has 5 aromatic rings. The van der Waals surface area contributed by atoms with Gasteiger partial charge in [0.15, 0.2) is 5.69 Å². The Balaban J connectivity index is 1.42. The van der Waals surface area contributed by atoms with Gasteiger partial charge in [-0.15, -0.1) is 0 Å². The van der Waals surface area contributed by atoms with Crippen LogP contribution in [0, 0.1) is 17.9 Å². The molecule has 0 atom stereocenters. The molecule has 0 aromatic heterocycles. The molecule has 0 saturated carbocycles.